The van der Waals surface area contributed by atoms with Crippen LogP contribution in [0.5, 0.6) is 0 Å². The SMILES string of the molecule is CN(C)[Si](c1ccccc1)(c1ccccc1)N(c1[c-]c(-c2cc(-c3c(C(C)(C)C)cccc3C(C)(C)C)ccn2)ccc1)c1[c-]c2c(cc1)c1ccccc1n2-c1ccccn1.[Pt+2]. The van der Waals surface area contributed by atoms with Crippen molar-refractivity contribution in [2.24, 2.45) is 0 Å². The molecule has 0 aliphatic heterocycles. The van der Waals surface area contributed by atoms with Gasteiger partial charge in [0, 0.05) is 17.9 Å². The van der Waals surface area contributed by atoms with E-state index in [0.717, 1.165) is 55.8 Å². The van der Waals surface area contributed by atoms with Crippen LogP contribution in [-0.2, 0) is 31.9 Å². The topological polar surface area (TPSA) is 37.2 Å². The summed E-state index contributed by atoms with van der Waals surface area (Å²) in [6.45, 7) is 13.8. The number of aromatic nitrogens is 3. The minimum atomic E-state index is -3.14. The summed E-state index contributed by atoms with van der Waals surface area (Å²) in [6, 6.07) is 66.8. The average molecular weight is 1020 g/mol. The third-order valence-corrected chi connectivity index (χ3v) is 16.7. The van der Waals surface area contributed by atoms with E-state index in [9.17, 15) is 0 Å². The Balaban J connectivity index is 0.00000544. The fraction of sp³-hybridized carbons (Fsp3) is 0.179. The second-order valence-electron chi connectivity index (χ2n) is 18.4. The molecule has 0 radical (unpaired) electrons. The third kappa shape index (κ3) is 7.90. The normalized spacial score (nSPS) is 12.1. The van der Waals surface area contributed by atoms with Crippen LogP contribution in [0.2, 0.25) is 0 Å². The van der Waals surface area contributed by atoms with E-state index in [1.54, 1.807) is 0 Å². The van der Waals surface area contributed by atoms with E-state index in [1.807, 2.05) is 24.5 Å². The van der Waals surface area contributed by atoms with Gasteiger partial charge in [-0.15, -0.1) is 47.3 Å². The van der Waals surface area contributed by atoms with Crippen molar-refractivity contribution in [2.75, 3.05) is 18.7 Å². The molecule has 0 bridgehead atoms. The maximum absolute atomic E-state index is 5.05. The van der Waals surface area contributed by atoms with Gasteiger partial charge in [0.2, 0.25) is 0 Å². The Morgan fingerprint density at radius 2 is 1.14 bits per heavy atom. The van der Waals surface area contributed by atoms with E-state index in [-0.39, 0.29) is 31.9 Å². The van der Waals surface area contributed by atoms with E-state index < -0.39 is 8.40 Å². The van der Waals surface area contributed by atoms with E-state index in [2.05, 4.69) is 233 Å². The van der Waals surface area contributed by atoms with Crippen LogP contribution >= 0.6 is 0 Å². The van der Waals surface area contributed by atoms with Gasteiger partial charge in [0.05, 0.1) is 0 Å². The maximum Gasteiger partial charge on any atom is 2.00 e. The predicted octanol–water partition coefficient (Wildman–Crippen LogP) is 12.1. The molecule has 0 amide bonds. The van der Waals surface area contributed by atoms with Crippen molar-refractivity contribution < 1.29 is 21.1 Å². The standard InChI is InChI=1S/C56H53N5Si.Pt/c1-55(2,3)48-28-20-29-49(56(4,5)6)54(48)41-34-36-57-50(38-41)40-21-19-22-42(37-40)61(62(59(7)8,44-23-11-9-12-24-44)45-25-13-10-14-26-45)43-32-33-47-46-27-15-16-30-51(46)60(52(47)39-43)53-31-17-18-35-58-53;/h9-36,38H,1-8H3;/q-2;+2. The van der Waals surface area contributed by atoms with Crippen molar-refractivity contribution >= 4 is 52.0 Å². The molecule has 0 aliphatic carbocycles. The van der Waals surface area contributed by atoms with Crippen molar-refractivity contribution in [3.63, 3.8) is 0 Å². The average Bonchev–Trinajstić information content (AvgIpc) is 3.62. The van der Waals surface area contributed by atoms with Gasteiger partial charge in [0.25, 0.3) is 0 Å². The summed E-state index contributed by atoms with van der Waals surface area (Å²) < 4.78 is 7.23. The summed E-state index contributed by atoms with van der Waals surface area (Å²) in [7, 11) is 1.29. The summed E-state index contributed by atoms with van der Waals surface area (Å²) in [5, 5.41) is 4.76. The van der Waals surface area contributed by atoms with Crippen LogP contribution in [0, 0.1) is 12.1 Å². The molecule has 6 aromatic carbocycles. The molecule has 0 saturated heterocycles. The van der Waals surface area contributed by atoms with Crippen molar-refractivity contribution in [2.45, 2.75) is 52.4 Å². The van der Waals surface area contributed by atoms with E-state index in [1.165, 1.54) is 27.1 Å². The van der Waals surface area contributed by atoms with Gasteiger partial charge in [-0.05, 0) is 92.9 Å². The first-order valence-corrected chi connectivity index (χ1v) is 23.4. The zero-order chi connectivity index (χ0) is 43.2. The Labute approximate surface area is 388 Å². The minimum absolute atomic E-state index is 0. The second kappa shape index (κ2) is 17.3. The molecule has 7 heteroatoms. The Kier molecular flexibility index (Phi) is 12.0. The number of pyridine rings is 2. The summed E-state index contributed by atoms with van der Waals surface area (Å²) in [6.07, 6.45) is 3.82. The monoisotopic (exact) mass is 1020 g/mol. The van der Waals surface area contributed by atoms with E-state index in [4.69, 9.17) is 9.97 Å². The summed E-state index contributed by atoms with van der Waals surface area (Å²) in [4.78, 5) is 9.90. The van der Waals surface area contributed by atoms with Crippen LogP contribution in [0.1, 0.15) is 52.7 Å². The molecule has 0 unspecified atom stereocenters. The van der Waals surface area contributed by atoms with Gasteiger partial charge in [-0.25, -0.2) is 4.98 Å². The van der Waals surface area contributed by atoms with Crippen molar-refractivity contribution in [3.8, 4) is 28.2 Å². The number of rotatable bonds is 9. The zero-order valence-electron chi connectivity index (χ0n) is 37.3. The molecule has 3 aromatic heterocycles. The smallest absolute Gasteiger partial charge is 0.386 e. The molecular weight excluding hydrogens is 966 g/mol. The molecule has 3 heterocycles. The molecule has 0 saturated carbocycles. The minimum Gasteiger partial charge on any atom is -0.386 e. The van der Waals surface area contributed by atoms with Gasteiger partial charge < -0.3 is 18.7 Å². The molecule has 0 fully saturated rings. The number of anilines is 2. The van der Waals surface area contributed by atoms with Gasteiger partial charge in [0.1, 0.15) is 5.82 Å². The fourth-order valence-electron chi connectivity index (χ4n) is 9.28. The number of hydrogen-bond donors (Lipinski definition) is 0. The Morgan fingerprint density at radius 3 is 1.76 bits per heavy atom. The van der Waals surface area contributed by atoms with Crippen LogP contribution in [0.25, 0.3) is 50.0 Å². The quantitative estimate of drug-likeness (QED) is 0.107. The molecule has 0 N–H and O–H groups in total. The molecule has 63 heavy (non-hydrogen) atoms. The molecule has 9 aromatic rings. The number of nitrogens with zero attached hydrogens (tertiary/aromatic N) is 5. The van der Waals surface area contributed by atoms with Gasteiger partial charge in [0.15, 0.2) is 0 Å². The first-order chi connectivity index (χ1) is 29.9. The summed E-state index contributed by atoms with van der Waals surface area (Å²) in [5.41, 5.74) is 10.7. The molecule has 9 rings (SSSR count). The van der Waals surface area contributed by atoms with Gasteiger partial charge in [-0.2, -0.15) is 6.07 Å². The Bertz CT molecular complexity index is 2950. The third-order valence-electron chi connectivity index (χ3n) is 12.0. The first kappa shape index (κ1) is 43.7. The van der Waals surface area contributed by atoms with Gasteiger partial charge in [-0.3, -0.25) is 0 Å². The van der Waals surface area contributed by atoms with Crippen molar-refractivity contribution in [1.82, 2.24) is 19.1 Å². The molecule has 5 nitrogen and oxygen atoms in total. The van der Waals surface area contributed by atoms with Crippen molar-refractivity contribution in [3.05, 3.63) is 199 Å². The molecular formula is C56H53N5PtSi. The van der Waals surface area contributed by atoms with E-state index in [0.29, 0.717) is 0 Å². The summed E-state index contributed by atoms with van der Waals surface area (Å²) >= 11 is 0. The van der Waals surface area contributed by atoms with Gasteiger partial charge >= 0.3 is 29.5 Å². The van der Waals surface area contributed by atoms with Crippen molar-refractivity contribution in [1.29, 1.82) is 0 Å². The van der Waals surface area contributed by atoms with Crippen LogP contribution in [0.4, 0.5) is 11.4 Å². The Morgan fingerprint density at radius 1 is 0.540 bits per heavy atom. The van der Waals surface area contributed by atoms with E-state index >= 15 is 0 Å². The zero-order valence-corrected chi connectivity index (χ0v) is 40.6. The van der Waals surface area contributed by atoms with Crippen LogP contribution in [0.15, 0.2) is 176 Å². The fourth-order valence-corrected chi connectivity index (χ4v) is 13.8. The number of fused-ring (bicyclic) bond motifs is 3. The number of benzene rings is 6. The molecule has 0 aliphatic rings. The van der Waals surface area contributed by atoms with Crippen LogP contribution in [0.3, 0.4) is 0 Å². The first-order valence-electron chi connectivity index (χ1n) is 21.5. The predicted molar refractivity (Wildman–Crippen MR) is 262 cm³/mol. The molecule has 0 spiro atoms. The van der Waals surface area contributed by atoms with Crippen LogP contribution < -0.4 is 14.9 Å². The van der Waals surface area contributed by atoms with Gasteiger partial charge in [-0.1, -0.05) is 168 Å². The molecule has 316 valence electrons. The number of para-hydroxylation sites is 1. The summed E-state index contributed by atoms with van der Waals surface area (Å²) in [5.74, 6) is 0.850. The number of hydrogen-bond acceptors (Lipinski definition) is 4. The molecule has 0 atom stereocenters. The Hall–Kier alpha value is -5.91. The second-order valence-corrected chi connectivity index (χ2v) is 22.2. The van der Waals surface area contributed by atoms with Crippen LogP contribution in [-0.4, -0.2) is 41.6 Å². The maximum atomic E-state index is 5.05. The largest absolute Gasteiger partial charge is 2.00 e.